The van der Waals surface area contributed by atoms with E-state index in [1.165, 1.54) is 32.9 Å². The lowest BCUT2D eigenvalue weighted by Crippen LogP contribution is -2.62. The number of carbonyl (C=O) groups is 1. The average molecular weight is 474 g/mol. The fraction of sp³-hybridized carbons (Fsp3) is 0.966. The molecule has 0 aromatic heterocycles. The van der Waals surface area contributed by atoms with Gasteiger partial charge in [0.05, 0.1) is 11.7 Å². The van der Waals surface area contributed by atoms with E-state index in [1.807, 2.05) is 0 Å². The molecule has 0 aromatic carbocycles. The van der Waals surface area contributed by atoms with Crippen molar-refractivity contribution in [1.29, 1.82) is 0 Å². The Labute approximate surface area is 206 Å². The standard InChI is InChI=1S/C29H47NO4/c1-16-5-6-26-17(2)20-8-10-29(33)22(21(20)15-30(26)14-16)12-23-24(29)13-27(34-18(3)31)25-11-19(32)7-9-28(23,25)4/h16-17,19-27,32-33H,5-15H2,1-4H3. The van der Waals surface area contributed by atoms with Crippen molar-refractivity contribution in [2.75, 3.05) is 13.1 Å². The maximum Gasteiger partial charge on any atom is 0.302 e. The maximum absolute atomic E-state index is 12.5. The third kappa shape index (κ3) is 3.39. The lowest BCUT2D eigenvalue weighted by Gasteiger charge is -2.59. The molecule has 2 N–H and O–H groups in total. The van der Waals surface area contributed by atoms with Gasteiger partial charge in [0.25, 0.3) is 0 Å². The second kappa shape index (κ2) is 8.18. The molecular weight excluding hydrogens is 426 g/mol. The van der Waals surface area contributed by atoms with Crippen molar-refractivity contribution in [2.24, 2.45) is 52.8 Å². The van der Waals surface area contributed by atoms with E-state index in [2.05, 4.69) is 25.7 Å². The fourth-order valence-corrected chi connectivity index (χ4v) is 10.9. The van der Waals surface area contributed by atoms with Crippen LogP contribution in [-0.2, 0) is 9.53 Å². The van der Waals surface area contributed by atoms with Crippen LogP contribution < -0.4 is 0 Å². The summed E-state index contributed by atoms with van der Waals surface area (Å²) in [4.78, 5) is 14.9. The molecule has 6 fully saturated rings. The highest BCUT2D eigenvalue weighted by molar-refractivity contribution is 5.66. The molecule has 0 bridgehead atoms. The molecule has 4 saturated carbocycles. The summed E-state index contributed by atoms with van der Waals surface area (Å²) in [6.45, 7) is 11.2. The highest BCUT2D eigenvalue weighted by Crippen LogP contribution is 2.68. The molecule has 2 saturated heterocycles. The monoisotopic (exact) mass is 473 g/mol. The summed E-state index contributed by atoms with van der Waals surface area (Å²) in [6.07, 6.45) is 8.78. The van der Waals surface area contributed by atoms with Crippen LogP contribution in [0.15, 0.2) is 0 Å². The van der Waals surface area contributed by atoms with E-state index in [-0.39, 0.29) is 35.4 Å². The van der Waals surface area contributed by atoms with Crippen LogP contribution in [0.5, 0.6) is 0 Å². The summed E-state index contributed by atoms with van der Waals surface area (Å²) >= 11 is 0. The number of ether oxygens (including phenoxy) is 1. The predicted molar refractivity (Wildman–Crippen MR) is 131 cm³/mol. The van der Waals surface area contributed by atoms with Gasteiger partial charge in [-0.3, -0.25) is 9.69 Å². The number of hydrogen-bond acceptors (Lipinski definition) is 5. The van der Waals surface area contributed by atoms with E-state index in [4.69, 9.17) is 4.74 Å². The molecule has 0 spiro atoms. The van der Waals surface area contributed by atoms with E-state index in [0.29, 0.717) is 17.8 Å². The molecular formula is C29H47NO4. The Morgan fingerprint density at radius 3 is 2.47 bits per heavy atom. The Balaban J connectivity index is 1.33. The molecule has 13 atom stereocenters. The second-order valence-electron chi connectivity index (χ2n) is 13.9. The van der Waals surface area contributed by atoms with Gasteiger partial charge in [-0.2, -0.15) is 0 Å². The van der Waals surface area contributed by atoms with Gasteiger partial charge in [-0.1, -0.05) is 20.8 Å². The lowest BCUT2D eigenvalue weighted by molar-refractivity contribution is -0.191. The number of aliphatic hydroxyl groups excluding tert-OH is 1. The topological polar surface area (TPSA) is 70.0 Å². The average Bonchev–Trinajstić information content (AvgIpc) is 3.08. The van der Waals surface area contributed by atoms with E-state index in [0.717, 1.165) is 68.7 Å². The second-order valence-corrected chi connectivity index (χ2v) is 13.9. The summed E-state index contributed by atoms with van der Waals surface area (Å²) in [7, 11) is 0. The van der Waals surface area contributed by atoms with Gasteiger partial charge in [0, 0.05) is 32.0 Å². The van der Waals surface area contributed by atoms with Gasteiger partial charge < -0.3 is 14.9 Å². The molecule has 2 heterocycles. The summed E-state index contributed by atoms with van der Waals surface area (Å²) in [5.74, 6) is 3.87. The number of carbonyl (C=O) groups excluding carboxylic acids is 1. The van der Waals surface area contributed by atoms with Gasteiger partial charge in [-0.15, -0.1) is 0 Å². The smallest absolute Gasteiger partial charge is 0.302 e. The van der Waals surface area contributed by atoms with Crippen molar-refractivity contribution in [2.45, 2.75) is 109 Å². The molecule has 34 heavy (non-hydrogen) atoms. The summed E-state index contributed by atoms with van der Waals surface area (Å²) in [5, 5.41) is 23.0. The quantitative estimate of drug-likeness (QED) is 0.557. The Hall–Kier alpha value is -0.650. The molecule has 192 valence electrons. The maximum atomic E-state index is 12.5. The fourth-order valence-electron chi connectivity index (χ4n) is 10.9. The van der Waals surface area contributed by atoms with Gasteiger partial charge >= 0.3 is 5.97 Å². The van der Waals surface area contributed by atoms with Crippen LogP contribution in [-0.4, -0.2) is 58.0 Å². The van der Waals surface area contributed by atoms with Crippen LogP contribution in [0.1, 0.15) is 85.5 Å². The molecule has 0 aromatic rings. The molecule has 5 heteroatoms. The van der Waals surface area contributed by atoms with Crippen LogP contribution in [0.4, 0.5) is 0 Å². The van der Waals surface area contributed by atoms with Crippen molar-refractivity contribution in [3.63, 3.8) is 0 Å². The zero-order chi connectivity index (χ0) is 24.0. The van der Waals surface area contributed by atoms with E-state index in [1.54, 1.807) is 0 Å². The van der Waals surface area contributed by atoms with Gasteiger partial charge in [0.2, 0.25) is 0 Å². The minimum atomic E-state index is -0.623. The Kier molecular flexibility index (Phi) is 5.71. The number of hydrogen-bond donors (Lipinski definition) is 2. The highest BCUT2D eigenvalue weighted by atomic mass is 16.5. The Morgan fingerprint density at radius 1 is 0.912 bits per heavy atom. The minimum absolute atomic E-state index is 0.0350. The molecule has 5 nitrogen and oxygen atoms in total. The number of rotatable bonds is 1. The van der Waals surface area contributed by atoms with Crippen LogP contribution in [0.3, 0.4) is 0 Å². The molecule has 4 aliphatic carbocycles. The van der Waals surface area contributed by atoms with Crippen molar-refractivity contribution in [3.05, 3.63) is 0 Å². The van der Waals surface area contributed by atoms with Crippen molar-refractivity contribution >= 4 is 5.97 Å². The van der Waals surface area contributed by atoms with Crippen LogP contribution in [0.2, 0.25) is 0 Å². The first-order valence-corrected chi connectivity index (χ1v) is 14.4. The number of piperidine rings is 2. The largest absolute Gasteiger partial charge is 0.462 e. The highest BCUT2D eigenvalue weighted by Gasteiger charge is 2.68. The Morgan fingerprint density at radius 2 is 1.71 bits per heavy atom. The third-order valence-electron chi connectivity index (χ3n) is 12.4. The van der Waals surface area contributed by atoms with Crippen LogP contribution in [0.25, 0.3) is 0 Å². The van der Waals surface area contributed by atoms with E-state index in [9.17, 15) is 15.0 Å². The first kappa shape index (κ1) is 23.7. The minimum Gasteiger partial charge on any atom is -0.462 e. The molecule has 13 unspecified atom stereocenters. The van der Waals surface area contributed by atoms with Crippen molar-refractivity contribution < 1.29 is 19.7 Å². The molecule has 0 radical (unpaired) electrons. The molecule has 0 amide bonds. The summed E-state index contributed by atoms with van der Waals surface area (Å²) in [5.41, 5.74) is -0.588. The van der Waals surface area contributed by atoms with Crippen molar-refractivity contribution in [3.8, 4) is 0 Å². The van der Waals surface area contributed by atoms with Crippen LogP contribution in [0, 0.1) is 52.8 Å². The predicted octanol–water partition coefficient (Wildman–Crippen LogP) is 4.25. The molecule has 2 aliphatic heterocycles. The van der Waals surface area contributed by atoms with E-state index < -0.39 is 5.60 Å². The number of nitrogens with zero attached hydrogens (tertiary/aromatic N) is 1. The van der Waals surface area contributed by atoms with Crippen molar-refractivity contribution in [1.82, 2.24) is 4.90 Å². The first-order valence-electron chi connectivity index (χ1n) is 14.4. The van der Waals surface area contributed by atoms with Gasteiger partial charge in [0.15, 0.2) is 0 Å². The zero-order valence-corrected chi connectivity index (χ0v) is 21.8. The zero-order valence-electron chi connectivity index (χ0n) is 21.8. The van der Waals surface area contributed by atoms with Crippen LogP contribution >= 0.6 is 0 Å². The number of esters is 1. The third-order valence-corrected chi connectivity index (χ3v) is 12.4. The van der Waals surface area contributed by atoms with E-state index >= 15 is 0 Å². The molecule has 6 aliphatic rings. The summed E-state index contributed by atoms with van der Waals surface area (Å²) in [6, 6.07) is 0.738. The first-order chi connectivity index (χ1) is 16.1. The molecule has 6 rings (SSSR count). The lowest BCUT2D eigenvalue weighted by atomic mass is 9.50. The van der Waals surface area contributed by atoms with Gasteiger partial charge in [0.1, 0.15) is 6.10 Å². The van der Waals surface area contributed by atoms with Gasteiger partial charge in [-0.05, 0) is 105 Å². The van der Waals surface area contributed by atoms with Gasteiger partial charge in [-0.25, -0.2) is 0 Å². The number of aliphatic hydroxyl groups is 2. The Bertz CT molecular complexity index is 816. The number of fused-ring (bicyclic) bond motifs is 8. The summed E-state index contributed by atoms with van der Waals surface area (Å²) < 4.78 is 5.94. The normalized spacial score (nSPS) is 56.9. The SMILES string of the molecule is CC(=O)OC1CC2C(CC3C4CN5CC(C)CCC5C(C)C4CCC32O)C2(C)CCC(O)CC12.